The molecule has 6 heteroatoms. The van der Waals surface area contributed by atoms with Gasteiger partial charge in [-0.05, 0) is 39.1 Å². The van der Waals surface area contributed by atoms with Gasteiger partial charge in [0, 0.05) is 28.4 Å². The van der Waals surface area contributed by atoms with Crippen LogP contribution in [-0.4, -0.2) is 46.1 Å². The normalized spacial score (nSPS) is 14.9. The molecule has 1 aliphatic rings. The Labute approximate surface area is 138 Å². The molecule has 4 nitrogen and oxygen atoms in total. The fraction of sp³-hybridized carbons (Fsp3) is 0.467. The Morgan fingerprint density at radius 3 is 2.57 bits per heavy atom. The zero-order chi connectivity index (χ0) is 14.8. The van der Waals surface area contributed by atoms with Gasteiger partial charge in [0.2, 0.25) is 0 Å². The molecule has 0 atom stereocenters. The van der Waals surface area contributed by atoms with E-state index in [4.69, 9.17) is 0 Å². The minimum Gasteiger partial charge on any atom is -0.309 e. The molecule has 21 heavy (non-hydrogen) atoms. The Morgan fingerprint density at radius 2 is 1.95 bits per heavy atom. The molecule has 0 aliphatic heterocycles. The van der Waals surface area contributed by atoms with Gasteiger partial charge in [-0.2, -0.15) is 0 Å². The van der Waals surface area contributed by atoms with Crippen LogP contribution in [0.3, 0.4) is 0 Å². The van der Waals surface area contributed by atoms with E-state index in [2.05, 4.69) is 74.0 Å². The molecule has 0 spiro atoms. The molecule has 2 aromatic rings. The molecule has 1 fully saturated rings. The van der Waals surface area contributed by atoms with Crippen LogP contribution in [0.5, 0.6) is 0 Å². The summed E-state index contributed by atoms with van der Waals surface area (Å²) in [5, 5.41) is 9.91. The summed E-state index contributed by atoms with van der Waals surface area (Å²) in [7, 11) is 4.19. The van der Waals surface area contributed by atoms with E-state index in [1.807, 2.05) is 0 Å². The molecule has 0 amide bonds. The third kappa shape index (κ3) is 3.67. The highest BCUT2D eigenvalue weighted by molar-refractivity contribution is 9.10. The molecule has 0 unspecified atom stereocenters. The first-order valence-electron chi connectivity index (χ1n) is 7.13. The number of halogens is 1. The van der Waals surface area contributed by atoms with E-state index in [0.29, 0.717) is 6.04 Å². The highest BCUT2D eigenvalue weighted by Crippen LogP contribution is 2.41. The van der Waals surface area contributed by atoms with Crippen molar-refractivity contribution in [3.05, 3.63) is 28.7 Å². The topological polar surface area (TPSA) is 34.0 Å². The van der Waals surface area contributed by atoms with Crippen LogP contribution < -0.4 is 0 Å². The van der Waals surface area contributed by atoms with Crippen LogP contribution in [0.15, 0.2) is 33.9 Å². The highest BCUT2D eigenvalue weighted by Gasteiger charge is 2.30. The third-order valence-corrected chi connectivity index (χ3v) is 4.90. The van der Waals surface area contributed by atoms with Crippen molar-refractivity contribution in [2.24, 2.45) is 0 Å². The number of aromatic nitrogens is 3. The summed E-state index contributed by atoms with van der Waals surface area (Å²) in [5.41, 5.74) is 1.14. The van der Waals surface area contributed by atoms with Crippen LogP contribution in [0.2, 0.25) is 0 Å². The van der Waals surface area contributed by atoms with Crippen LogP contribution in [0.25, 0.3) is 11.4 Å². The minimum absolute atomic E-state index is 0.584. The van der Waals surface area contributed by atoms with Gasteiger partial charge >= 0.3 is 0 Å². The molecule has 0 N–H and O–H groups in total. The quantitative estimate of drug-likeness (QED) is 0.730. The minimum atomic E-state index is 0.584. The SMILES string of the molecule is CN(C)CCSc1nnc(-c2ccc(Br)cc2)n1C1CC1. The maximum absolute atomic E-state index is 4.44. The fourth-order valence-electron chi connectivity index (χ4n) is 2.15. The van der Waals surface area contributed by atoms with Crippen LogP contribution >= 0.6 is 27.7 Å². The molecule has 0 bridgehead atoms. The van der Waals surface area contributed by atoms with Crippen molar-refractivity contribution in [3.63, 3.8) is 0 Å². The average Bonchev–Trinajstić information content (AvgIpc) is 3.21. The number of hydrogen-bond acceptors (Lipinski definition) is 4. The Morgan fingerprint density at radius 1 is 1.24 bits per heavy atom. The summed E-state index contributed by atoms with van der Waals surface area (Å²) in [5.74, 6) is 2.04. The van der Waals surface area contributed by atoms with Crippen molar-refractivity contribution in [2.75, 3.05) is 26.4 Å². The first-order chi connectivity index (χ1) is 10.1. The van der Waals surface area contributed by atoms with E-state index in [0.717, 1.165) is 33.3 Å². The zero-order valence-electron chi connectivity index (χ0n) is 12.3. The van der Waals surface area contributed by atoms with Crippen LogP contribution in [0.4, 0.5) is 0 Å². The van der Waals surface area contributed by atoms with E-state index in [1.54, 1.807) is 11.8 Å². The molecular formula is C15H19BrN4S. The summed E-state index contributed by atoms with van der Waals surface area (Å²) in [6.45, 7) is 1.05. The van der Waals surface area contributed by atoms with E-state index < -0.39 is 0 Å². The van der Waals surface area contributed by atoms with Gasteiger partial charge in [0.15, 0.2) is 11.0 Å². The molecule has 1 heterocycles. The molecule has 1 aromatic carbocycles. The van der Waals surface area contributed by atoms with Gasteiger partial charge in [-0.15, -0.1) is 10.2 Å². The Hall–Kier alpha value is -0.850. The lowest BCUT2D eigenvalue weighted by Gasteiger charge is -2.11. The van der Waals surface area contributed by atoms with E-state index in [1.165, 1.54) is 12.8 Å². The first-order valence-corrected chi connectivity index (χ1v) is 8.91. The van der Waals surface area contributed by atoms with Gasteiger partial charge in [0.25, 0.3) is 0 Å². The highest BCUT2D eigenvalue weighted by atomic mass is 79.9. The largest absolute Gasteiger partial charge is 0.309 e. The summed E-state index contributed by atoms with van der Waals surface area (Å²) in [4.78, 5) is 2.19. The summed E-state index contributed by atoms with van der Waals surface area (Å²) >= 11 is 5.28. The molecular weight excluding hydrogens is 348 g/mol. The van der Waals surface area contributed by atoms with Gasteiger partial charge in [-0.1, -0.05) is 39.8 Å². The Kier molecular flexibility index (Phi) is 4.66. The molecule has 112 valence electrons. The van der Waals surface area contributed by atoms with E-state index >= 15 is 0 Å². The second kappa shape index (κ2) is 6.50. The second-order valence-corrected chi connectivity index (χ2v) is 7.54. The van der Waals surface area contributed by atoms with Crippen LogP contribution in [-0.2, 0) is 0 Å². The predicted molar refractivity (Wildman–Crippen MR) is 90.7 cm³/mol. The number of nitrogens with zero attached hydrogens (tertiary/aromatic N) is 4. The van der Waals surface area contributed by atoms with Gasteiger partial charge < -0.3 is 4.90 Å². The summed E-state index contributed by atoms with van der Waals surface area (Å²) in [6.07, 6.45) is 2.48. The molecule has 0 radical (unpaired) electrons. The first kappa shape index (κ1) is 15.1. The predicted octanol–water partition coefficient (Wildman–Crippen LogP) is 3.70. The lowest BCUT2D eigenvalue weighted by molar-refractivity contribution is 0.437. The number of thioether (sulfide) groups is 1. The van der Waals surface area contributed by atoms with Crippen molar-refractivity contribution in [1.29, 1.82) is 0 Å². The van der Waals surface area contributed by atoms with Gasteiger partial charge in [0.1, 0.15) is 0 Å². The molecule has 1 saturated carbocycles. The lowest BCUT2D eigenvalue weighted by Crippen LogP contribution is -2.15. The van der Waals surface area contributed by atoms with Crippen molar-refractivity contribution in [1.82, 2.24) is 19.7 Å². The van der Waals surface area contributed by atoms with Gasteiger partial charge in [-0.25, -0.2) is 0 Å². The number of hydrogen-bond donors (Lipinski definition) is 0. The zero-order valence-corrected chi connectivity index (χ0v) is 14.7. The molecule has 0 saturated heterocycles. The monoisotopic (exact) mass is 366 g/mol. The molecule has 1 aliphatic carbocycles. The van der Waals surface area contributed by atoms with Crippen molar-refractivity contribution >= 4 is 27.7 Å². The summed E-state index contributed by atoms with van der Waals surface area (Å²) in [6, 6.07) is 8.89. The van der Waals surface area contributed by atoms with E-state index in [-0.39, 0.29) is 0 Å². The Bertz CT molecular complexity index is 605. The fourth-order valence-corrected chi connectivity index (χ4v) is 3.53. The number of benzene rings is 1. The second-order valence-electron chi connectivity index (χ2n) is 5.57. The molecule has 1 aromatic heterocycles. The van der Waals surface area contributed by atoms with Gasteiger partial charge in [0.05, 0.1) is 0 Å². The van der Waals surface area contributed by atoms with Crippen molar-refractivity contribution in [3.8, 4) is 11.4 Å². The van der Waals surface area contributed by atoms with Crippen LogP contribution in [0.1, 0.15) is 18.9 Å². The van der Waals surface area contributed by atoms with Crippen LogP contribution in [0, 0.1) is 0 Å². The third-order valence-electron chi connectivity index (χ3n) is 3.45. The standard InChI is InChI=1S/C15H19BrN4S/c1-19(2)9-10-21-15-18-17-14(20(15)13-7-8-13)11-3-5-12(16)6-4-11/h3-6,13H,7-10H2,1-2H3. The smallest absolute Gasteiger partial charge is 0.191 e. The van der Waals surface area contributed by atoms with E-state index in [9.17, 15) is 0 Å². The van der Waals surface area contributed by atoms with Crippen molar-refractivity contribution in [2.45, 2.75) is 24.0 Å². The number of rotatable bonds is 6. The maximum atomic E-state index is 4.44. The average molecular weight is 367 g/mol. The van der Waals surface area contributed by atoms with Gasteiger partial charge in [-0.3, -0.25) is 4.57 Å². The lowest BCUT2D eigenvalue weighted by atomic mass is 10.2. The van der Waals surface area contributed by atoms with Crippen molar-refractivity contribution < 1.29 is 0 Å². The Balaban J connectivity index is 1.84. The maximum Gasteiger partial charge on any atom is 0.191 e. The molecule has 3 rings (SSSR count). The summed E-state index contributed by atoms with van der Waals surface area (Å²) < 4.78 is 3.41.